The van der Waals surface area contributed by atoms with E-state index >= 15 is 0 Å². The van der Waals surface area contributed by atoms with Gasteiger partial charge in [-0.15, -0.1) is 0 Å². The molecular weight excluding hydrogens is 358 g/mol. The van der Waals surface area contributed by atoms with Crippen molar-refractivity contribution in [2.45, 2.75) is 25.6 Å². The van der Waals surface area contributed by atoms with Gasteiger partial charge < -0.3 is 15.5 Å². The van der Waals surface area contributed by atoms with Gasteiger partial charge in [0.1, 0.15) is 11.3 Å². The lowest BCUT2D eigenvalue weighted by Crippen LogP contribution is -2.60. The number of Topliss-reactive ketones (excluding diaryl/α,β-unsaturated/α-hetero) is 1. The Morgan fingerprint density at radius 2 is 1.88 bits per heavy atom. The third-order valence-corrected chi connectivity index (χ3v) is 4.50. The van der Waals surface area contributed by atoms with Gasteiger partial charge in [-0.25, -0.2) is 0 Å². The molecule has 0 bridgehead atoms. The summed E-state index contributed by atoms with van der Waals surface area (Å²) < 4.78 is 0. The Balaban J connectivity index is 2.25. The molecule has 3 rings (SSSR count). The number of nitrogens with one attached hydrogen (secondary N) is 2. The number of aliphatic hydroxyl groups is 2. The Morgan fingerprint density at radius 3 is 2.38 bits per heavy atom. The molecule has 0 radical (unpaired) electrons. The third kappa shape index (κ3) is 2.56. The second kappa shape index (κ2) is 6.19. The summed E-state index contributed by atoms with van der Waals surface area (Å²) in [4.78, 5) is 38.7. The van der Waals surface area contributed by atoms with Crippen LogP contribution in [0.2, 0.25) is 0 Å². The maximum Gasteiger partial charge on any atom is 0.297 e. The van der Waals surface area contributed by atoms with Gasteiger partial charge in [0.25, 0.3) is 17.6 Å². The molecule has 1 spiro atoms. The molecule has 0 aliphatic carbocycles. The monoisotopic (exact) mass is 375 g/mol. The second-order valence-electron chi connectivity index (χ2n) is 6.30. The molecule has 26 heavy (non-hydrogen) atoms. The summed E-state index contributed by atoms with van der Waals surface area (Å²) in [5.74, 6) is -3.30. The Hall–Kier alpha value is -2.78. The van der Waals surface area contributed by atoms with Gasteiger partial charge in [-0.1, -0.05) is 29.8 Å². The Kier molecular flexibility index (Phi) is 4.29. The maximum atomic E-state index is 12.7. The van der Waals surface area contributed by atoms with Gasteiger partial charge in [-0.05, 0) is 26.1 Å². The first-order valence-electron chi connectivity index (χ1n) is 7.87. The molecule has 4 N–H and O–H groups in total. The van der Waals surface area contributed by atoms with Gasteiger partial charge in [0.15, 0.2) is 5.11 Å². The van der Waals surface area contributed by atoms with Crippen molar-refractivity contribution >= 4 is 40.7 Å². The van der Waals surface area contributed by atoms with E-state index in [-0.39, 0.29) is 17.2 Å². The first kappa shape index (κ1) is 18.0. The number of aryl methyl sites for hydroxylation is 1. The summed E-state index contributed by atoms with van der Waals surface area (Å²) in [5.41, 5.74) is -1.19. The summed E-state index contributed by atoms with van der Waals surface area (Å²) in [7, 11) is 0. The molecule has 0 saturated carbocycles. The molecule has 2 saturated heterocycles. The summed E-state index contributed by atoms with van der Waals surface area (Å²) in [6.45, 7) is 2.98. The molecule has 2 atom stereocenters. The molecule has 2 aliphatic heterocycles. The van der Waals surface area contributed by atoms with Gasteiger partial charge in [0, 0.05) is 12.1 Å². The zero-order valence-corrected chi connectivity index (χ0v) is 14.9. The molecule has 1 aromatic carbocycles. The number of β-amino-alcohol motifs (C(OH)–C–C–N with tert-alkyl or cyclic N) is 1. The zero-order chi connectivity index (χ0) is 19.2. The Labute approximate surface area is 154 Å². The number of aliphatic hydroxyl groups excluding tert-OH is 2. The first-order valence-corrected chi connectivity index (χ1v) is 8.28. The number of carbonyl (C=O) groups excluding carboxylic acids is 3. The fraction of sp³-hybridized carbons (Fsp3) is 0.294. The lowest BCUT2D eigenvalue weighted by atomic mass is 9.94. The lowest BCUT2D eigenvalue weighted by Gasteiger charge is -2.33. The molecule has 1 aromatic rings. The zero-order valence-electron chi connectivity index (χ0n) is 14.1. The van der Waals surface area contributed by atoms with Crippen LogP contribution in [0.5, 0.6) is 0 Å². The molecule has 2 unspecified atom stereocenters. The van der Waals surface area contributed by atoms with Crippen LogP contribution in [0.1, 0.15) is 18.1 Å². The topological polar surface area (TPSA) is 119 Å². The standard InChI is InChI=1S/C17H17N3O5S/c1-8-3-5-10(6-4-8)12(22)11-13(23)14(24)20(7-9(2)21)17(11)15(25)18-16(26)19-17/h3-6,9,21-22H,7H2,1-2H3,(H2,18,19,25,26)/b12-11-. The van der Waals surface area contributed by atoms with Crippen molar-refractivity contribution in [3.63, 3.8) is 0 Å². The number of hydrogen-bond donors (Lipinski definition) is 4. The average molecular weight is 375 g/mol. The minimum atomic E-state index is -1.99. The van der Waals surface area contributed by atoms with E-state index in [0.717, 1.165) is 10.5 Å². The van der Waals surface area contributed by atoms with Crippen molar-refractivity contribution in [2.24, 2.45) is 0 Å². The van der Waals surface area contributed by atoms with Crippen molar-refractivity contribution in [3.05, 3.63) is 41.0 Å². The fourth-order valence-corrected chi connectivity index (χ4v) is 3.35. The van der Waals surface area contributed by atoms with Crippen molar-refractivity contribution in [3.8, 4) is 0 Å². The van der Waals surface area contributed by atoms with Crippen LogP contribution >= 0.6 is 12.2 Å². The average Bonchev–Trinajstić information content (AvgIpc) is 2.96. The number of rotatable bonds is 3. The van der Waals surface area contributed by atoms with E-state index in [4.69, 9.17) is 12.2 Å². The maximum absolute atomic E-state index is 12.7. The summed E-state index contributed by atoms with van der Waals surface area (Å²) >= 11 is 4.96. The van der Waals surface area contributed by atoms with Crippen molar-refractivity contribution in [2.75, 3.05) is 6.54 Å². The third-order valence-electron chi connectivity index (χ3n) is 4.29. The largest absolute Gasteiger partial charge is 0.507 e. The number of thiocarbonyl (C=S) groups is 1. The normalized spacial score (nSPS) is 25.6. The van der Waals surface area contributed by atoms with E-state index < -0.39 is 40.7 Å². The number of benzene rings is 1. The summed E-state index contributed by atoms with van der Waals surface area (Å²) in [6, 6.07) is 6.60. The molecule has 2 amide bonds. The number of likely N-dealkylation sites (tertiary alicyclic amines) is 1. The number of amides is 2. The number of nitrogens with zero attached hydrogens (tertiary/aromatic N) is 1. The minimum absolute atomic E-state index is 0.0812. The molecule has 2 aliphatic rings. The summed E-state index contributed by atoms with van der Waals surface area (Å²) in [6.07, 6.45) is -1.01. The van der Waals surface area contributed by atoms with E-state index in [0.29, 0.717) is 0 Å². The van der Waals surface area contributed by atoms with Gasteiger partial charge in [-0.3, -0.25) is 24.6 Å². The Bertz CT molecular complexity index is 862. The highest BCUT2D eigenvalue weighted by Crippen LogP contribution is 2.37. The first-order chi connectivity index (χ1) is 12.2. The van der Waals surface area contributed by atoms with Crippen LogP contribution in [0.4, 0.5) is 0 Å². The quantitative estimate of drug-likeness (QED) is 0.249. The van der Waals surface area contributed by atoms with Crippen molar-refractivity contribution in [1.82, 2.24) is 15.5 Å². The minimum Gasteiger partial charge on any atom is -0.507 e. The van der Waals surface area contributed by atoms with Crippen LogP contribution < -0.4 is 10.6 Å². The molecule has 9 heteroatoms. The van der Waals surface area contributed by atoms with E-state index in [2.05, 4.69) is 10.6 Å². The van der Waals surface area contributed by atoms with E-state index in [9.17, 15) is 24.6 Å². The van der Waals surface area contributed by atoms with Gasteiger partial charge >= 0.3 is 0 Å². The van der Waals surface area contributed by atoms with Gasteiger partial charge in [0.05, 0.1) is 6.10 Å². The van der Waals surface area contributed by atoms with Crippen molar-refractivity contribution < 1.29 is 24.6 Å². The van der Waals surface area contributed by atoms with Crippen LogP contribution in [-0.4, -0.2) is 56.1 Å². The molecule has 8 nitrogen and oxygen atoms in total. The second-order valence-corrected chi connectivity index (χ2v) is 6.71. The number of hydrogen-bond acceptors (Lipinski definition) is 6. The van der Waals surface area contributed by atoms with Crippen LogP contribution in [0.3, 0.4) is 0 Å². The molecule has 136 valence electrons. The Morgan fingerprint density at radius 1 is 1.27 bits per heavy atom. The highest BCUT2D eigenvalue weighted by atomic mass is 32.1. The fourth-order valence-electron chi connectivity index (χ4n) is 3.11. The van der Waals surface area contributed by atoms with Crippen LogP contribution in [0.15, 0.2) is 29.8 Å². The molecule has 2 fully saturated rings. The van der Waals surface area contributed by atoms with Crippen molar-refractivity contribution in [1.29, 1.82) is 0 Å². The van der Waals surface area contributed by atoms with Gasteiger partial charge in [-0.2, -0.15) is 0 Å². The van der Waals surface area contributed by atoms with E-state index in [1.807, 2.05) is 6.92 Å². The number of carbonyl (C=O) groups is 3. The molecular formula is C17H17N3O5S. The molecule has 2 heterocycles. The van der Waals surface area contributed by atoms with E-state index in [1.54, 1.807) is 24.3 Å². The van der Waals surface area contributed by atoms with Crippen LogP contribution in [0.25, 0.3) is 5.76 Å². The highest BCUT2D eigenvalue weighted by Gasteiger charge is 2.64. The highest BCUT2D eigenvalue weighted by molar-refractivity contribution is 7.80. The molecule has 0 aromatic heterocycles. The predicted octanol–water partition coefficient (Wildman–Crippen LogP) is -0.243. The number of ketones is 1. The van der Waals surface area contributed by atoms with Crippen LogP contribution in [-0.2, 0) is 14.4 Å². The lowest BCUT2D eigenvalue weighted by molar-refractivity contribution is -0.145. The SMILES string of the molecule is Cc1ccc(/C(O)=C2\C(=O)C(=O)N(CC(C)O)C23NC(=S)NC3=O)cc1. The summed E-state index contributed by atoms with van der Waals surface area (Å²) in [5, 5.41) is 25.3. The van der Waals surface area contributed by atoms with Crippen LogP contribution in [0, 0.1) is 6.92 Å². The van der Waals surface area contributed by atoms with E-state index in [1.165, 1.54) is 6.92 Å². The predicted molar refractivity (Wildman–Crippen MR) is 95.7 cm³/mol. The smallest absolute Gasteiger partial charge is 0.297 e. The van der Waals surface area contributed by atoms with Gasteiger partial charge in [0.2, 0.25) is 5.66 Å².